The summed E-state index contributed by atoms with van der Waals surface area (Å²) < 4.78 is 0. The Kier molecular flexibility index (Phi) is 5.03. The fourth-order valence-corrected chi connectivity index (χ4v) is 3.23. The van der Waals surface area contributed by atoms with Crippen LogP contribution in [0.15, 0.2) is 30.5 Å². The summed E-state index contributed by atoms with van der Waals surface area (Å²) in [5.41, 5.74) is 2.04. The first kappa shape index (κ1) is 16.4. The number of nitrogens with one attached hydrogen (secondary N) is 1. The lowest BCUT2D eigenvalue weighted by atomic mass is 10.0. The lowest BCUT2D eigenvalue weighted by Gasteiger charge is -2.16. The third kappa shape index (κ3) is 4.07. The van der Waals surface area contributed by atoms with Crippen molar-refractivity contribution in [1.82, 2.24) is 15.3 Å². The van der Waals surface area contributed by atoms with Crippen LogP contribution in [0.3, 0.4) is 0 Å². The number of hydrogen-bond acceptors (Lipinski definition) is 4. The summed E-state index contributed by atoms with van der Waals surface area (Å²) in [6, 6.07) is 6.44. The predicted octanol–water partition coefficient (Wildman–Crippen LogP) is 2.32. The normalized spacial score (nSPS) is 16.2. The molecule has 1 aliphatic carbocycles. The zero-order chi connectivity index (χ0) is 16.9. The van der Waals surface area contributed by atoms with Crippen LogP contribution in [-0.4, -0.2) is 33.0 Å². The molecule has 1 aromatic carbocycles. The van der Waals surface area contributed by atoms with E-state index in [4.69, 9.17) is 0 Å². The Morgan fingerprint density at radius 2 is 1.92 bits per heavy atom. The van der Waals surface area contributed by atoms with E-state index in [9.17, 15) is 14.7 Å². The summed E-state index contributed by atoms with van der Waals surface area (Å²) in [6.07, 6.45) is 6.54. The van der Waals surface area contributed by atoms with Gasteiger partial charge in [0.1, 0.15) is 6.04 Å². The number of hydrogen-bond donors (Lipinski definition) is 2. The molecule has 1 heterocycles. The van der Waals surface area contributed by atoms with Gasteiger partial charge in [0, 0.05) is 19.0 Å². The highest BCUT2D eigenvalue weighted by Gasteiger charge is 2.24. The van der Waals surface area contributed by atoms with Gasteiger partial charge in [0.25, 0.3) is 0 Å². The van der Waals surface area contributed by atoms with Crippen molar-refractivity contribution in [2.24, 2.45) is 5.92 Å². The Morgan fingerprint density at radius 3 is 2.62 bits per heavy atom. The second-order valence-corrected chi connectivity index (χ2v) is 6.37. The highest BCUT2D eigenvalue weighted by Crippen LogP contribution is 2.27. The fourth-order valence-electron chi connectivity index (χ4n) is 3.23. The molecule has 1 fully saturated rings. The maximum Gasteiger partial charge on any atom is 0.326 e. The van der Waals surface area contributed by atoms with Crippen LogP contribution in [0.4, 0.5) is 0 Å². The van der Waals surface area contributed by atoms with Gasteiger partial charge in [-0.25, -0.2) is 9.78 Å². The number of aromatic nitrogens is 2. The largest absolute Gasteiger partial charge is 0.480 e. The van der Waals surface area contributed by atoms with Crippen molar-refractivity contribution in [2.45, 2.75) is 44.6 Å². The molecule has 1 amide bonds. The van der Waals surface area contributed by atoms with Crippen LogP contribution in [0.25, 0.3) is 11.0 Å². The maximum atomic E-state index is 12.1. The molecular formula is C18H21N3O3. The van der Waals surface area contributed by atoms with E-state index in [1.54, 1.807) is 6.20 Å². The van der Waals surface area contributed by atoms with Crippen molar-refractivity contribution in [3.63, 3.8) is 0 Å². The summed E-state index contributed by atoms with van der Waals surface area (Å²) in [5, 5.41) is 12.0. The number of benzene rings is 1. The molecule has 0 saturated heterocycles. The molecule has 1 saturated carbocycles. The number of aliphatic carboxylic acids is 1. The number of carboxylic acid groups (broad SMARTS) is 1. The standard InChI is InChI=1S/C18H21N3O3/c22-17(9-12-5-1-2-6-12)21-16(18(23)24)10-13-11-19-14-7-3-4-8-15(14)20-13/h3-4,7-8,11-12,16H,1-2,5-6,9-10H2,(H,21,22)(H,23,24)/t16-/m1/s1. The summed E-state index contributed by atoms with van der Waals surface area (Å²) in [6.45, 7) is 0. The van der Waals surface area contributed by atoms with E-state index in [2.05, 4.69) is 15.3 Å². The van der Waals surface area contributed by atoms with Gasteiger partial charge < -0.3 is 10.4 Å². The summed E-state index contributed by atoms with van der Waals surface area (Å²) in [4.78, 5) is 32.3. The van der Waals surface area contributed by atoms with Crippen molar-refractivity contribution in [2.75, 3.05) is 0 Å². The highest BCUT2D eigenvalue weighted by molar-refractivity contribution is 5.84. The van der Waals surface area contributed by atoms with Gasteiger partial charge in [-0.1, -0.05) is 25.0 Å². The molecule has 6 nitrogen and oxygen atoms in total. The van der Waals surface area contributed by atoms with Crippen LogP contribution in [0, 0.1) is 5.92 Å². The lowest BCUT2D eigenvalue weighted by molar-refractivity contribution is -0.141. The second-order valence-electron chi connectivity index (χ2n) is 6.37. The minimum atomic E-state index is -1.05. The van der Waals surface area contributed by atoms with Crippen molar-refractivity contribution in [3.05, 3.63) is 36.2 Å². The molecule has 1 aliphatic rings. The number of carboxylic acids is 1. The highest BCUT2D eigenvalue weighted by atomic mass is 16.4. The summed E-state index contributed by atoms with van der Waals surface area (Å²) in [5.74, 6) is -0.854. The quantitative estimate of drug-likeness (QED) is 0.849. The van der Waals surface area contributed by atoms with Gasteiger partial charge in [-0.2, -0.15) is 0 Å². The van der Waals surface area contributed by atoms with Crippen molar-refractivity contribution < 1.29 is 14.7 Å². The summed E-state index contributed by atoms with van der Waals surface area (Å²) >= 11 is 0. The molecule has 2 N–H and O–H groups in total. The fraction of sp³-hybridized carbons (Fsp3) is 0.444. The third-order valence-electron chi connectivity index (χ3n) is 4.49. The van der Waals surface area contributed by atoms with E-state index < -0.39 is 12.0 Å². The van der Waals surface area contributed by atoms with Gasteiger partial charge in [0.15, 0.2) is 0 Å². The van der Waals surface area contributed by atoms with Crippen LogP contribution in [0.5, 0.6) is 0 Å². The third-order valence-corrected chi connectivity index (χ3v) is 4.49. The Bertz CT molecular complexity index is 741. The van der Waals surface area contributed by atoms with Gasteiger partial charge in [0.2, 0.25) is 5.91 Å². The molecule has 0 aliphatic heterocycles. The molecule has 0 radical (unpaired) electrons. The van der Waals surface area contributed by atoms with Crippen molar-refractivity contribution >= 4 is 22.9 Å². The molecule has 1 aromatic heterocycles. The number of rotatable bonds is 6. The van der Waals surface area contributed by atoms with E-state index in [1.807, 2.05) is 24.3 Å². The minimum absolute atomic E-state index is 0.129. The van der Waals surface area contributed by atoms with Gasteiger partial charge in [0.05, 0.1) is 16.7 Å². The molecule has 126 valence electrons. The number of nitrogens with zero attached hydrogens (tertiary/aromatic N) is 2. The van der Waals surface area contributed by atoms with Gasteiger partial charge in [-0.3, -0.25) is 9.78 Å². The van der Waals surface area contributed by atoms with E-state index in [0.29, 0.717) is 18.0 Å². The Morgan fingerprint density at radius 1 is 1.21 bits per heavy atom. The zero-order valence-corrected chi connectivity index (χ0v) is 13.4. The second kappa shape index (κ2) is 7.38. The topological polar surface area (TPSA) is 92.2 Å². The maximum absolute atomic E-state index is 12.1. The van der Waals surface area contributed by atoms with Crippen LogP contribution in [0.1, 0.15) is 37.8 Å². The molecule has 2 aromatic rings. The van der Waals surface area contributed by atoms with E-state index in [-0.39, 0.29) is 12.3 Å². The molecule has 24 heavy (non-hydrogen) atoms. The molecule has 3 rings (SSSR count). The summed E-state index contributed by atoms with van der Waals surface area (Å²) in [7, 11) is 0. The monoisotopic (exact) mass is 327 g/mol. The van der Waals surface area contributed by atoms with Gasteiger partial charge >= 0.3 is 5.97 Å². The number of carbonyl (C=O) groups excluding carboxylic acids is 1. The first-order valence-electron chi connectivity index (χ1n) is 8.34. The van der Waals surface area contributed by atoms with Crippen LogP contribution < -0.4 is 5.32 Å². The number of amides is 1. The average Bonchev–Trinajstić information content (AvgIpc) is 3.07. The van der Waals surface area contributed by atoms with Crippen LogP contribution >= 0.6 is 0 Å². The smallest absolute Gasteiger partial charge is 0.326 e. The Labute approximate surface area is 140 Å². The van der Waals surface area contributed by atoms with E-state index in [0.717, 1.165) is 36.7 Å². The number of para-hydroxylation sites is 2. The van der Waals surface area contributed by atoms with Crippen molar-refractivity contribution in [3.8, 4) is 0 Å². The Hall–Kier alpha value is -2.50. The average molecular weight is 327 g/mol. The molecule has 0 bridgehead atoms. The van der Waals surface area contributed by atoms with Crippen LogP contribution in [0.2, 0.25) is 0 Å². The van der Waals surface area contributed by atoms with E-state index >= 15 is 0 Å². The lowest BCUT2D eigenvalue weighted by Crippen LogP contribution is -2.43. The number of carbonyl (C=O) groups is 2. The molecule has 1 atom stereocenters. The van der Waals surface area contributed by atoms with Crippen LogP contribution in [-0.2, 0) is 16.0 Å². The van der Waals surface area contributed by atoms with E-state index in [1.165, 1.54) is 0 Å². The Balaban J connectivity index is 1.66. The molecule has 6 heteroatoms. The van der Waals surface area contributed by atoms with Gasteiger partial charge in [-0.15, -0.1) is 0 Å². The molecule has 0 spiro atoms. The molecule has 0 unspecified atom stereocenters. The first-order valence-corrected chi connectivity index (χ1v) is 8.34. The zero-order valence-electron chi connectivity index (χ0n) is 13.4. The number of fused-ring (bicyclic) bond motifs is 1. The first-order chi connectivity index (χ1) is 11.6. The predicted molar refractivity (Wildman–Crippen MR) is 89.4 cm³/mol. The van der Waals surface area contributed by atoms with Gasteiger partial charge in [-0.05, 0) is 30.9 Å². The minimum Gasteiger partial charge on any atom is -0.480 e. The van der Waals surface area contributed by atoms with Crippen molar-refractivity contribution in [1.29, 1.82) is 0 Å². The molecular weight excluding hydrogens is 306 g/mol. The SMILES string of the molecule is O=C(CC1CCCC1)N[C@H](Cc1cnc2ccccc2n1)C(=O)O.